The molecule has 0 radical (unpaired) electrons. The fraction of sp³-hybridized carbons (Fsp3) is 0.348. The number of Topliss-reactive ketones (excluding diaryl/α,β-unsaturated/α-hetero) is 1. The molecule has 0 N–H and O–H groups in total. The predicted molar refractivity (Wildman–Crippen MR) is 111 cm³/mol. The van der Waals surface area contributed by atoms with E-state index >= 15 is 0 Å². The largest absolute Gasteiger partial charge is 0.496 e. The minimum absolute atomic E-state index is 0.0561. The molecule has 4 rings (SSSR count). The molecule has 1 saturated heterocycles. The monoisotopic (exact) mass is 391 g/mol. The number of aryl methyl sites for hydroxylation is 1. The summed E-state index contributed by atoms with van der Waals surface area (Å²) in [5.74, 6) is 0.548. The Bertz CT molecular complexity index is 1030. The van der Waals surface area contributed by atoms with Crippen molar-refractivity contribution in [3.8, 4) is 5.75 Å². The molecule has 29 heavy (non-hydrogen) atoms. The Hall–Kier alpha value is -3.15. The maximum Gasteiger partial charge on any atom is 0.224 e. The maximum atomic E-state index is 13.0. The van der Waals surface area contributed by atoms with Crippen molar-refractivity contribution < 1.29 is 14.3 Å². The fourth-order valence-corrected chi connectivity index (χ4v) is 4.05. The van der Waals surface area contributed by atoms with Gasteiger partial charge in [0.2, 0.25) is 5.91 Å². The predicted octanol–water partition coefficient (Wildman–Crippen LogP) is 3.56. The van der Waals surface area contributed by atoms with Gasteiger partial charge in [0.05, 0.1) is 30.0 Å². The van der Waals surface area contributed by atoms with E-state index in [-0.39, 0.29) is 17.6 Å². The van der Waals surface area contributed by atoms with Crippen molar-refractivity contribution in [2.24, 2.45) is 5.92 Å². The highest BCUT2D eigenvalue weighted by Crippen LogP contribution is 2.26. The average molecular weight is 391 g/mol. The molecule has 6 heteroatoms. The van der Waals surface area contributed by atoms with Crippen LogP contribution in [0.25, 0.3) is 11.0 Å². The first-order valence-corrected chi connectivity index (χ1v) is 10.0. The minimum Gasteiger partial charge on any atom is -0.496 e. The molecule has 1 aromatic heterocycles. The second-order valence-corrected chi connectivity index (χ2v) is 7.42. The zero-order valence-electron chi connectivity index (χ0n) is 16.6. The lowest BCUT2D eigenvalue weighted by Crippen LogP contribution is -2.42. The molecule has 1 fully saturated rings. The number of ketones is 1. The number of hydrogen-bond donors (Lipinski definition) is 0. The van der Waals surface area contributed by atoms with Crippen LogP contribution in [0.2, 0.25) is 0 Å². The van der Waals surface area contributed by atoms with E-state index in [1.165, 1.54) is 0 Å². The van der Waals surface area contributed by atoms with Crippen LogP contribution in [0.15, 0.2) is 54.9 Å². The van der Waals surface area contributed by atoms with Crippen LogP contribution in [-0.4, -0.2) is 46.3 Å². The lowest BCUT2D eigenvalue weighted by atomic mass is 9.89. The van der Waals surface area contributed by atoms with Gasteiger partial charge in [-0.25, -0.2) is 4.98 Å². The van der Waals surface area contributed by atoms with Crippen molar-refractivity contribution in [3.05, 3.63) is 60.4 Å². The number of methoxy groups -OCH3 is 1. The van der Waals surface area contributed by atoms with Gasteiger partial charge >= 0.3 is 0 Å². The highest BCUT2D eigenvalue weighted by Gasteiger charge is 2.30. The Morgan fingerprint density at radius 1 is 1.14 bits per heavy atom. The molecular weight excluding hydrogens is 366 g/mol. The normalized spacial score (nSPS) is 16.7. The maximum absolute atomic E-state index is 13.0. The molecule has 0 unspecified atom stereocenters. The summed E-state index contributed by atoms with van der Waals surface area (Å²) in [6.07, 6.45) is 3.82. The molecule has 2 aromatic carbocycles. The summed E-state index contributed by atoms with van der Waals surface area (Å²) in [5, 5.41) is 0. The van der Waals surface area contributed by atoms with Gasteiger partial charge in [0.1, 0.15) is 5.75 Å². The smallest absolute Gasteiger partial charge is 0.224 e. The van der Waals surface area contributed by atoms with Crippen LogP contribution in [0, 0.1) is 5.92 Å². The number of imidazole rings is 1. The summed E-state index contributed by atoms with van der Waals surface area (Å²) < 4.78 is 7.35. The van der Waals surface area contributed by atoms with Gasteiger partial charge in [-0.2, -0.15) is 0 Å². The van der Waals surface area contributed by atoms with Crippen LogP contribution < -0.4 is 4.74 Å². The third kappa shape index (κ3) is 4.01. The summed E-state index contributed by atoms with van der Waals surface area (Å²) in [7, 11) is 1.57. The van der Waals surface area contributed by atoms with E-state index in [0.717, 1.165) is 23.9 Å². The number of rotatable bonds is 6. The molecule has 2 heterocycles. The number of para-hydroxylation sites is 3. The Morgan fingerprint density at radius 2 is 1.93 bits per heavy atom. The zero-order chi connectivity index (χ0) is 20.2. The third-order valence-corrected chi connectivity index (χ3v) is 5.61. The second kappa shape index (κ2) is 8.47. The summed E-state index contributed by atoms with van der Waals surface area (Å²) in [5.41, 5.74) is 2.56. The van der Waals surface area contributed by atoms with Crippen molar-refractivity contribution >= 4 is 22.7 Å². The van der Waals surface area contributed by atoms with Crippen molar-refractivity contribution in [1.29, 1.82) is 0 Å². The minimum atomic E-state index is -0.182. The number of aromatic nitrogens is 2. The SMILES string of the molecule is COc1ccccc1C(=O)[C@H]1CCCN(C(=O)CCn2cnc3ccccc32)C1. The molecule has 3 aromatic rings. The highest BCUT2D eigenvalue weighted by molar-refractivity contribution is 6.00. The van der Waals surface area contributed by atoms with Gasteiger partial charge in [0.15, 0.2) is 5.78 Å². The van der Waals surface area contributed by atoms with E-state index in [1.54, 1.807) is 25.6 Å². The lowest BCUT2D eigenvalue weighted by molar-refractivity contribution is -0.132. The first kappa shape index (κ1) is 19.2. The number of carbonyl (C=O) groups is 2. The van der Waals surface area contributed by atoms with Crippen LogP contribution >= 0.6 is 0 Å². The summed E-state index contributed by atoms with van der Waals surface area (Å²) in [6.45, 7) is 1.76. The number of ether oxygens (including phenoxy) is 1. The fourth-order valence-electron chi connectivity index (χ4n) is 4.05. The Balaban J connectivity index is 1.40. The van der Waals surface area contributed by atoms with Gasteiger partial charge in [-0.05, 0) is 37.1 Å². The van der Waals surface area contributed by atoms with Gasteiger partial charge in [-0.1, -0.05) is 24.3 Å². The molecule has 1 aliphatic heterocycles. The standard InChI is InChI=1S/C23H25N3O3/c1-29-21-11-5-2-8-18(21)23(28)17-7-6-13-25(15-17)22(27)12-14-26-16-24-19-9-3-4-10-20(19)26/h2-5,8-11,16-17H,6-7,12-15H2,1H3/t17-/m0/s1. The van der Waals surface area contributed by atoms with Crippen molar-refractivity contribution in [1.82, 2.24) is 14.5 Å². The average Bonchev–Trinajstić information content (AvgIpc) is 3.20. The number of nitrogens with zero attached hydrogens (tertiary/aromatic N) is 3. The van der Waals surface area contributed by atoms with E-state index in [4.69, 9.17) is 4.74 Å². The van der Waals surface area contributed by atoms with Gasteiger partial charge in [-0.15, -0.1) is 0 Å². The number of likely N-dealkylation sites (tertiary alicyclic amines) is 1. The van der Waals surface area contributed by atoms with E-state index < -0.39 is 0 Å². The highest BCUT2D eigenvalue weighted by atomic mass is 16.5. The molecule has 150 valence electrons. The van der Waals surface area contributed by atoms with Crippen LogP contribution in [0.4, 0.5) is 0 Å². The molecule has 0 bridgehead atoms. The number of amides is 1. The molecule has 0 saturated carbocycles. The molecular formula is C23H25N3O3. The first-order valence-electron chi connectivity index (χ1n) is 10.0. The van der Waals surface area contributed by atoms with Crippen LogP contribution in [0.3, 0.4) is 0 Å². The van der Waals surface area contributed by atoms with Crippen molar-refractivity contribution in [2.75, 3.05) is 20.2 Å². The third-order valence-electron chi connectivity index (χ3n) is 5.61. The van der Waals surface area contributed by atoms with E-state index in [2.05, 4.69) is 4.98 Å². The summed E-state index contributed by atoms with van der Waals surface area (Å²) >= 11 is 0. The quantitative estimate of drug-likeness (QED) is 0.603. The summed E-state index contributed by atoms with van der Waals surface area (Å²) in [6, 6.07) is 15.2. The molecule has 6 nitrogen and oxygen atoms in total. The molecule has 1 atom stereocenters. The van der Waals surface area contributed by atoms with E-state index in [0.29, 0.717) is 37.4 Å². The number of piperidine rings is 1. The van der Waals surface area contributed by atoms with E-state index in [9.17, 15) is 9.59 Å². The zero-order valence-corrected chi connectivity index (χ0v) is 16.6. The summed E-state index contributed by atoms with van der Waals surface area (Å²) in [4.78, 5) is 32.0. The Morgan fingerprint density at radius 3 is 2.79 bits per heavy atom. The molecule has 0 spiro atoms. The molecule has 1 amide bonds. The number of carbonyl (C=O) groups excluding carboxylic acids is 2. The Labute approximate surface area is 170 Å². The second-order valence-electron chi connectivity index (χ2n) is 7.42. The van der Waals surface area contributed by atoms with Gasteiger partial charge in [-0.3, -0.25) is 9.59 Å². The molecule has 0 aliphatic carbocycles. The Kier molecular flexibility index (Phi) is 5.60. The van der Waals surface area contributed by atoms with Crippen LogP contribution in [-0.2, 0) is 11.3 Å². The molecule has 1 aliphatic rings. The number of benzene rings is 2. The topological polar surface area (TPSA) is 64.4 Å². The van der Waals surface area contributed by atoms with Crippen molar-refractivity contribution in [3.63, 3.8) is 0 Å². The van der Waals surface area contributed by atoms with Gasteiger partial charge in [0, 0.05) is 32.0 Å². The number of fused-ring (bicyclic) bond motifs is 1. The number of hydrogen-bond acceptors (Lipinski definition) is 4. The van der Waals surface area contributed by atoms with Gasteiger partial charge in [0.25, 0.3) is 0 Å². The lowest BCUT2D eigenvalue weighted by Gasteiger charge is -2.32. The van der Waals surface area contributed by atoms with Crippen LogP contribution in [0.1, 0.15) is 29.6 Å². The van der Waals surface area contributed by atoms with Crippen molar-refractivity contribution in [2.45, 2.75) is 25.8 Å². The van der Waals surface area contributed by atoms with Crippen LogP contribution in [0.5, 0.6) is 5.75 Å². The van der Waals surface area contributed by atoms with E-state index in [1.807, 2.05) is 45.9 Å². The van der Waals surface area contributed by atoms with Gasteiger partial charge < -0.3 is 14.2 Å². The first-order chi connectivity index (χ1) is 14.2.